The maximum absolute atomic E-state index is 12.4. The number of thioether (sulfide) groups is 1. The summed E-state index contributed by atoms with van der Waals surface area (Å²) in [5, 5.41) is 12.6. The summed E-state index contributed by atoms with van der Waals surface area (Å²) >= 11 is 1.55. The molecular weight excluding hydrogens is 308 g/mol. The van der Waals surface area contributed by atoms with Gasteiger partial charge in [-0.25, -0.2) is 0 Å². The number of rotatable bonds is 5. The molecule has 2 fully saturated rings. The number of nitrogens with zero attached hydrogens (tertiary/aromatic N) is 3. The molecule has 0 spiro atoms. The first-order valence-corrected chi connectivity index (χ1v) is 9.91. The first-order chi connectivity index (χ1) is 11.1. The van der Waals surface area contributed by atoms with Gasteiger partial charge in [0.25, 0.3) is 0 Å². The van der Waals surface area contributed by atoms with E-state index in [-0.39, 0.29) is 11.2 Å². The summed E-state index contributed by atoms with van der Waals surface area (Å²) in [6.45, 7) is 4.00. The molecule has 0 aliphatic heterocycles. The molecular formula is C17H28N4OS. The van der Waals surface area contributed by atoms with Gasteiger partial charge in [0.15, 0.2) is 5.16 Å². The highest BCUT2D eigenvalue weighted by Crippen LogP contribution is 2.33. The van der Waals surface area contributed by atoms with Crippen LogP contribution in [0.3, 0.4) is 0 Å². The van der Waals surface area contributed by atoms with E-state index in [9.17, 15) is 4.79 Å². The van der Waals surface area contributed by atoms with E-state index in [1.54, 1.807) is 11.8 Å². The predicted molar refractivity (Wildman–Crippen MR) is 92.6 cm³/mol. The minimum atomic E-state index is -0.124. The minimum absolute atomic E-state index is 0.124. The molecule has 23 heavy (non-hydrogen) atoms. The number of nitrogens with one attached hydrogen (secondary N) is 1. The monoisotopic (exact) mass is 336 g/mol. The summed E-state index contributed by atoms with van der Waals surface area (Å²) in [6.07, 6.45) is 11.0. The van der Waals surface area contributed by atoms with Gasteiger partial charge < -0.3 is 9.88 Å². The van der Waals surface area contributed by atoms with Crippen molar-refractivity contribution in [2.24, 2.45) is 0 Å². The van der Waals surface area contributed by atoms with Crippen molar-refractivity contribution in [2.75, 3.05) is 0 Å². The van der Waals surface area contributed by atoms with Crippen LogP contribution in [0.1, 0.15) is 76.6 Å². The van der Waals surface area contributed by atoms with Gasteiger partial charge in [-0.1, -0.05) is 43.9 Å². The van der Waals surface area contributed by atoms with Crippen LogP contribution in [-0.2, 0) is 4.79 Å². The number of carbonyl (C=O) groups excluding carboxylic acids is 1. The van der Waals surface area contributed by atoms with E-state index in [4.69, 9.17) is 0 Å². The Morgan fingerprint density at radius 3 is 2.48 bits per heavy atom. The van der Waals surface area contributed by atoms with Crippen LogP contribution in [0, 0.1) is 6.92 Å². The standard InChI is InChI=1S/C17H28N4OS/c1-12(16(22)18-14-8-6-7-9-14)23-17-20-19-13(2)21(17)15-10-4-3-5-11-15/h12,14-15H,3-11H2,1-2H3,(H,18,22). The molecule has 3 rings (SSSR count). The zero-order valence-electron chi connectivity index (χ0n) is 14.3. The molecule has 128 valence electrons. The molecule has 2 aliphatic carbocycles. The molecule has 1 amide bonds. The van der Waals surface area contributed by atoms with E-state index in [1.807, 2.05) is 13.8 Å². The Bertz CT molecular complexity index is 533. The van der Waals surface area contributed by atoms with E-state index < -0.39 is 0 Å². The molecule has 6 heteroatoms. The maximum atomic E-state index is 12.4. The summed E-state index contributed by atoms with van der Waals surface area (Å²) in [5.41, 5.74) is 0. The molecule has 2 saturated carbocycles. The van der Waals surface area contributed by atoms with E-state index >= 15 is 0 Å². The fraction of sp³-hybridized carbons (Fsp3) is 0.824. The third-order valence-electron chi connectivity index (χ3n) is 5.13. The summed E-state index contributed by atoms with van der Waals surface area (Å²) in [7, 11) is 0. The smallest absolute Gasteiger partial charge is 0.233 e. The number of aromatic nitrogens is 3. The van der Waals surface area contributed by atoms with Crippen molar-refractivity contribution in [3.63, 3.8) is 0 Å². The Labute approximate surface area is 143 Å². The quantitative estimate of drug-likeness (QED) is 0.834. The lowest BCUT2D eigenvalue weighted by Gasteiger charge is -2.25. The van der Waals surface area contributed by atoms with Crippen LogP contribution in [0.5, 0.6) is 0 Å². The second-order valence-corrected chi connectivity index (χ2v) is 8.25. The number of amides is 1. The van der Waals surface area contributed by atoms with Crippen molar-refractivity contribution in [1.82, 2.24) is 20.1 Å². The van der Waals surface area contributed by atoms with Crippen molar-refractivity contribution in [1.29, 1.82) is 0 Å². The Hall–Kier alpha value is -1.04. The maximum Gasteiger partial charge on any atom is 0.233 e. The lowest BCUT2D eigenvalue weighted by Crippen LogP contribution is -2.37. The molecule has 1 aromatic heterocycles. The van der Waals surface area contributed by atoms with Crippen LogP contribution < -0.4 is 5.32 Å². The average molecular weight is 337 g/mol. The second-order valence-electron chi connectivity index (χ2n) is 6.94. The first kappa shape index (κ1) is 16.8. The summed E-state index contributed by atoms with van der Waals surface area (Å²) < 4.78 is 2.27. The number of carbonyl (C=O) groups is 1. The van der Waals surface area contributed by atoms with Gasteiger partial charge in [0.05, 0.1) is 5.25 Å². The van der Waals surface area contributed by atoms with Crippen LogP contribution in [0.4, 0.5) is 0 Å². The van der Waals surface area contributed by atoms with E-state index in [2.05, 4.69) is 20.1 Å². The van der Waals surface area contributed by atoms with Crippen molar-refractivity contribution in [2.45, 2.75) is 94.1 Å². The lowest BCUT2D eigenvalue weighted by atomic mass is 9.95. The van der Waals surface area contributed by atoms with Crippen molar-refractivity contribution in [3.8, 4) is 0 Å². The molecule has 0 saturated heterocycles. The van der Waals surface area contributed by atoms with Gasteiger partial charge in [0.1, 0.15) is 5.82 Å². The largest absolute Gasteiger partial charge is 0.352 e. The van der Waals surface area contributed by atoms with Crippen LogP contribution in [0.2, 0.25) is 0 Å². The third-order valence-corrected chi connectivity index (χ3v) is 6.18. The number of hydrogen-bond acceptors (Lipinski definition) is 4. The fourth-order valence-electron chi connectivity index (χ4n) is 3.79. The lowest BCUT2D eigenvalue weighted by molar-refractivity contribution is -0.120. The molecule has 1 aromatic rings. The van der Waals surface area contributed by atoms with E-state index in [0.717, 1.165) is 23.8 Å². The van der Waals surface area contributed by atoms with E-state index in [0.29, 0.717) is 12.1 Å². The molecule has 2 aliphatic rings. The first-order valence-electron chi connectivity index (χ1n) is 9.03. The van der Waals surface area contributed by atoms with Crippen LogP contribution in [0.15, 0.2) is 5.16 Å². The van der Waals surface area contributed by atoms with Gasteiger partial charge in [-0.2, -0.15) is 0 Å². The van der Waals surface area contributed by atoms with Crippen molar-refractivity contribution in [3.05, 3.63) is 5.82 Å². The van der Waals surface area contributed by atoms with Gasteiger partial charge in [-0.05, 0) is 39.5 Å². The molecule has 0 radical (unpaired) electrons. The summed E-state index contributed by atoms with van der Waals surface area (Å²) in [5.74, 6) is 1.11. The zero-order chi connectivity index (χ0) is 16.2. The molecule has 1 atom stereocenters. The minimum Gasteiger partial charge on any atom is -0.352 e. The van der Waals surface area contributed by atoms with Crippen molar-refractivity contribution < 1.29 is 4.79 Å². The van der Waals surface area contributed by atoms with E-state index in [1.165, 1.54) is 44.9 Å². The summed E-state index contributed by atoms with van der Waals surface area (Å²) in [6, 6.07) is 0.884. The molecule has 0 aromatic carbocycles. The number of hydrogen-bond donors (Lipinski definition) is 1. The van der Waals surface area contributed by atoms with Gasteiger partial charge in [0, 0.05) is 12.1 Å². The van der Waals surface area contributed by atoms with Crippen molar-refractivity contribution >= 4 is 17.7 Å². The third kappa shape index (κ3) is 4.08. The van der Waals surface area contributed by atoms with Crippen LogP contribution in [-0.4, -0.2) is 32.0 Å². The second kappa shape index (κ2) is 7.69. The zero-order valence-corrected chi connectivity index (χ0v) is 15.1. The SMILES string of the molecule is Cc1nnc(SC(C)C(=O)NC2CCCC2)n1C1CCCCC1. The van der Waals surface area contributed by atoms with Gasteiger partial charge in [-0.15, -0.1) is 10.2 Å². The highest BCUT2D eigenvalue weighted by Gasteiger charge is 2.26. The predicted octanol–water partition coefficient (Wildman–Crippen LogP) is 3.63. The van der Waals surface area contributed by atoms with Crippen LogP contribution >= 0.6 is 11.8 Å². The topological polar surface area (TPSA) is 59.8 Å². The highest BCUT2D eigenvalue weighted by molar-refractivity contribution is 8.00. The Kier molecular flexibility index (Phi) is 5.62. The normalized spacial score (nSPS) is 21.5. The summed E-state index contributed by atoms with van der Waals surface area (Å²) in [4.78, 5) is 12.4. The van der Waals surface area contributed by atoms with Gasteiger partial charge in [-0.3, -0.25) is 4.79 Å². The molecule has 1 unspecified atom stereocenters. The molecule has 5 nitrogen and oxygen atoms in total. The van der Waals surface area contributed by atoms with Gasteiger partial charge >= 0.3 is 0 Å². The Balaban J connectivity index is 1.63. The molecule has 0 bridgehead atoms. The Morgan fingerprint density at radius 1 is 1.13 bits per heavy atom. The van der Waals surface area contributed by atoms with Crippen LogP contribution in [0.25, 0.3) is 0 Å². The average Bonchev–Trinajstić information content (AvgIpc) is 3.18. The fourth-order valence-corrected chi connectivity index (χ4v) is 4.76. The molecule has 1 heterocycles. The Morgan fingerprint density at radius 2 is 1.78 bits per heavy atom. The van der Waals surface area contributed by atoms with Gasteiger partial charge in [0.2, 0.25) is 5.91 Å². The highest BCUT2D eigenvalue weighted by atomic mass is 32.2. The number of aryl methyl sites for hydroxylation is 1. The molecule has 1 N–H and O–H groups in total.